The van der Waals surface area contributed by atoms with E-state index in [1.54, 1.807) is 0 Å². The number of nitrogens with zero attached hydrogens (tertiary/aromatic N) is 1. The summed E-state index contributed by atoms with van der Waals surface area (Å²) in [5.41, 5.74) is 0.714. The maximum atomic E-state index is 11.5. The van der Waals surface area contributed by atoms with E-state index < -0.39 is 0 Å². The Labute approximate surface area is 116 Å². The van der Waals surface area contributed by atoms with E-state index in [1.165, 1.54) is 18.4 Å². The number of aryl methyl sites for hydroxylation is 1. The molecule has 0 amide bonds. The molecule has 2 aromatic rings. The van der Waals surface area contributed by atoms with E-state index in [1.807, 2.05) is 37.3 Å². The Bertz CT molecular complexity index is 551. The number of carbonyl (C=O) groups excluding carboxylic acids is 1. The molecule has 0 saturated heterocycles. The molecule has 0 N–H and O–H groups in total. The summed E-state index contributed by atoms with van der Waals surface area (Å²) in [6, 6.07) is 9.62. The van der Waals surface area contributed by atoms with Crippen molar-refractivity contribution >= 4 is 17.3 Å². The summed E-state index contributed by atoms with van der Waals surface area (Å²) in [5.74, 6) is 0.509. The molecule has 0 saturated carbocycles. The third-order valence-corrected chi connectivity index (χ3v) is 3.74. The molecule has 0 spiro atoms. The summed E-state index contributed by atoms with van der Waals surface area (Å²) >= 11 is 1.36. The van der Waals surface area contributed by atoms with Gasteiger partial charge in [0.15, 0.2) is 0 Å². The van der Waals surface area contributed by atoms with Crippen LogP contribution in [0.15, 0.2) is 30.3 Å². The minimum atomic E-state index is -0.328. The molecule has 0 fully saturated rings. The molecule has 5 heteroatoms. The van der Waals surface area contributed by atoms with Gasteiger partial charge in [0.05, 0.1) is 24.4 Å². The molecule has 1 heterocycles. The highest BCUT2D eigenvalue weighted by Gasteiger charge is 2.15. The van der Waals surface area contributed by atoms with Crippen molar-refractivity contribution in [2.24, 2.45) is 0 Å². The molecule has 4 nitrogen and oxygen atoms in total. The Balaban J connectivity index is 1.92. The topological polar surface area (TPSA) is 48.4 Å². The predicted molar refractivity (Wildman–Crippen MR) is 73.8 cm³/mol. The third kappa shape index (κ3) is 3.54. The molecule has 1 aromatic heterocycles. The number of esters is 1. The van der Waals surface area contributed by atoms with E-state index in [9.17, 15) is 4.79 Å². The van der Waals surface area contributed by atoms with E-state index in [0.717, 1.165) is 10.8 Å². The van der Waals surface area contributed by atoms with Crippen LogP contribution in [0.3, 0.4) is 0 Å². The summed E-state index contributed by atoms with van der Waals surface area (Å²) in [5, 5.41) is 0.883. The third-order valence-electron chi connectivity index (χ3n) is 2.54. The average Bonchev–Trinajstić information content (AvgIpc) is 2.80. The average molecular weight is 277 g/mol. The van der Waals surface area contributed by atoms with Gasteiger partial charge in [-0.3, -0.25) is 0 Å². The van der Waals surface area contributed by atoms with Crippen molar-refractivity contribution in [3.8, 4) is 5.75 Å². The van der Waals surface area contributed by atoms with Gasteiger partial charge in [-0.05, 0) is 19.1 Å². The summed E-state index contributed by atoms with van der Waals surface area (Å²) in [6.07, 6.45) is 0.678. The maximum absolute atomic E-state index is 11.5. The van der Waals surface area contributed by atoms with Crippen LogP contribution in [0.1, 0.15) is 20.4 Å². The number of hydrogen-bond acceptors (Lipinski definition) is 5. The largest absolute Gasteiger partial charge is 0.493 e. The number of benzene rings is 1. The van der Waals surface area contributed by atoms with E-state index >= 15 is 0 Å². The van der Waals surface area contributed by atoms with Crippen molar-refractivity contribution < 1.29 is 14.3 Å². The van der Waals surface area contributed by atoms with Gasteiger partial charge in [0.1, 0.15) is 10.6 Å². The van der Waals surface area contributed by atoms with Crippen LogP contribution in [0.5, 0.6) is 5.75 Å². The Morgan fingerprint density at radius 2 is 2.05 bits per heavy atom. The monoisotopic (exact) mass is 277 g/mol. The molecule has 1 aromatic carbocycles. The molecular weight excluding hydrogens is 262 g/mol. The number of methoxy groups -OCH3 is 1. The van der Waals surface area contributed by atoms with Gasteiger partial charge in [-0.25, -0.2) is 9.78 Å². The number of aromatic nitrogens is 1. The second kappa shape index (κ2) is 6.33. The standard InChI is InChI=1S/C14H15NO3S/c1-10-13(14(16)17-2)19-12(15-10)8-9-18-11-6-4-3-5-7-11/h3-7H,8-9H2,1-2H3. The maximum Gasteiger partial charge on any atom is 0.349 e. The number of ether oxygens (including phenoxy) is 2. The highest BCUT2D eigenvalue weighted by molar-refractivity contribution is 7.13. The van der Waals surface area contributed by atoms with E-state index in [0.29, 0.717) is 23.6 Å². The Kier molecular flexibility index (Phi) is 4.52. The van der Waals surface area contributed by atoms with Crippen LogP contribution in [-0.2, 0) is 11.2 Å². The molecular formula is C14H15NO3S. The number of thiazole rings is 1. The van der Waals surface area contributed by atoms with Gasteiger partial charge in [-0.1, -0.05) is 18.2 Å². The van der Waals surface area contributed by atoms with Crippen molar-refractivity contribution in [1.82, 2.24) is 4.98 Å². The molecule has 0 unspecified atom stereocenters. The number of para-hydroxylation sites is 1. The summed E-state index contributed by atoms with van der Waals surface area (Å²) < 4.78 is 10.3. The van der Waals surface area contributed by atoms with Gasteiger partial charge in [0.25, 0.3) is 0 Å². The minimum Gasteiger partial charge on any atom is -0.493 e. The van der Waals surface area contributed by atoms with Gasteiger partial charge < -0.3 is 9.47 Å². The summed E-state index contributed by atoms with van der Waals surface area (Å²) in [7, 11) is 1.37. The molecule has 0 bridgehead atoms. The molecule has 2 rings (SSSR count). The lowest BCUT2D eigenvalue weighted by Crippen LogP contribution is -2.00. The van der Waals surface area contributed by atoms with Gasteiger partial charge in [-0.2, -0.15) is 0 Å². The van der Waals surface area contributed by atoms with Crippen molar-refractivity contribution in [1.29, 1.82) is 0 Å². The molecule has 0 aliphatic heterocycles. The fourth-order valence-corrected chi connectivity index (χ4v) is 2.58. The van der Waals surface area contributed by atoms with Gasteiger partial charge in [0.2, 0.25) is 0 Å². The Morgan fingerprint density at radius 3 is 2.74 bits per heavy atom. The van der Waals surface area contributed by atoms with Gasteiger partial charge >= 0.3 is 5.97 Å². The van der Waals surface area contributed by atoms with E-state index in [-0.39, 0.29) is 5.97 Å². The first kappa shape index (κ1) is 13.5. The molecule has 0 aliphatic carbocycles. The minimum absolute atomic E-state index is 0.328. The van der Waals surface area contributed by atoms with Crippen molar-refractivity contribution in [2.45, 2.75) is 13.3 Å². The number of rotatable bonds is 5. The normalized spacial score (nSPS) is 10.2. The zero-order chi connectivity index (χ0) is 13.7. The second-order valence-corrected chi connectivity index (χ2v) is 5.01. The first-order valence-corrected chi connectivity index (χ1v) is 6.75. The summed E-state index contributed by atoms with van der Waals surface area (Å²) in [6.45, 7) is 2.35. The van der Waals surface area contributed by atoms with Crippen LogP contribution in [0.4, 0.5) is 0 Å². The SMILES string of the molecule is COC(=O)c1sc(CCOc2ccccc2)nc1C. The predicted octanol–water partition coefficient (Wildman–Crippen LogP) is 2.86. The molecule has 100 valence electrons. The Morgan fingerprint density at radius 1 is 1.32 bits per heavy atom. The smallest absolute Gasteiger partial charge is 0.349 e. The van der Waals surface area contributed by atoms with Crippen molar-refractivity contribution in [3.63, 3.8) is 0 Å². The van der Waals surface area contributed by atoms with Crippen LogP contribution in [0.25, 0.3) is 0 Å². The first-order valence-electron chi connectivity index (χ1n) is 5.93. The highest BCUT2D eigenvalue weighted by atomic mass is 32.1. The fraction of sp³-hybridized carbons (Fsp3) is 0.286. The zero-order valence-corrected chi connectivity index (χ0v) is 11.7. The molecule has 0 atom stereocenters. The molecule has 0 radical (unpaired) electrons. The quantitative estimate of drug-likeness (QED) is 0.788. The van der Waals surface area contributed by atoms with Crippen LogP contribution in [0, 0.1) is 6.92 Å². The lowest BCUT2D eigenvalue weighted by molar-refractivity contribution is 0.0605. The molecule has 0 aliphatic rings. The number of hydrogen-bond donors (Lipinski definition) is 0. The van der Waals surface area contributed by atoms with Gasteiger partial charge in [-0.15, -0.1) is 11.3 Å². The van der Waals surface area contributed by atoms with Crippen molar-refractivity contribution in [2.75, 3.05) is 13.7 Å². The number of carbonyl (C=O) groups is 1. The van der Waals surface area contributed by atoms with Crippen LogP contribution in [0.2, 0.25) is 0 Å². The highest BCUT2D eigenvalue weighted by Crippen LogP contribution is 2.19. The molecule has 19 heavy (non-hydrogen) atoms. The van der Waals surface area contributed by atoms with E-state index in [2.05, 4.69) is 4.98 Å². The first-order chi connectivity index (χ1) is 9.20. The van der Waals surface area contributed by atoms with Crippen LogP contribution >= 0.6 is 11.3 Å². The van der Waals surface area contributed by atoms with Gasteiger partial charge in [0, 0.05) is 6.42 Å². The van der Waals surface area contributed by atoms with Crippen LogP contribution in [-0.4, -0.2) is 24.7 Å². The second-order valence-electron chi connectivity index (χ2n) is 3.93. The lowest BCUT2D eigenvalue weighted by Gasteiger charge is -2.03. The zero-order valence-electron chi connectivity index (χ0n) is 10.9. The lowest BCUT2D eigenvalue weighted by atomic mass is 10.3. The van der Waals surface area contributed by atoms with Crippen LogP contribution < -0.4 is 4.74 Å². The van der Waals surface area contributed by atoms with E-state index in [4.69, 9.17) is 9.47 Å². The fourth-order valence-electron chi connectivity index (χ4n) is 1.61. The summed E-state index contributed by atoms with van der Waals surface area (Å²) in [4.78, 5) is 16.4. The van der Waals surface area contributed by atoms with Crippen molar-refractivity contribution in [3.05, 3.63) is 45.9 Å². The Hall–Kier alpha value is -1.88.